The molecule has 8 heteroatoms. The van der Waals surface area contributed by atoms with E-state index in [1.165, 1.54) is 32.0 Å². The summed E-state index contributed by atoms with van der Waals surface area (Å²) in [6.07, 6.45) is -1.24. The van der Waals surface area contributed by atoms with Crippen molar-refractivity contribution >= 4 is 40.8 Å². The van der Waals surface area contributed by atoms with Gasteiger partial charge in [0, 0.05) is 36.5 Å². The van der Waals surface area contributed by atoms with Gasteiger partial charge in [-0.2, -0.15) is 0 Å². The fourth-order valence-electron chi connectivity index (χ4n) is 3.44. The molecule has 0 heterocycles. The molecule has 3 amide bonds. The van der Waals surface area contributed by atoms with Crippen LogP contribution in [-0.4, -0.2) is 23.7 Å². The second-order valence-corrected chi connectivity index (χ2v) is 8.17. The highest BCUT2D eigenvalue weighted by Crippen LogP contribution is 2.26. The average Bonchev–Trinajstić information content (AvgIpc) is 2.79. The van der Waals surface area contributed by atoms with Crippen LogP contribution in [0.5, 0.6) is 0 Å². The molecule has 180 valence electrons. The summed E-state index contributed by atoms with van der Waals surface area (Å²) in [5, 5.41) is 8.03. The molecule has 1 unspecified atom stereocenters. The van der Waals surface area contributed by atoms with Gasteiger partial charge in [0.1, 0.15) is 0 Å². The molecule has 0 spiro atoms. The molecule has 1 atom stereocenters. The standard InChI is InChI=1S/C27H27N3O5/c1-16-10-11-17(2)24(12-16)30-26(33)25(20-8-6-5-7-9-20)35-27(34)21-13-22(28-18(3)31)15-23(14-21)29-19(4)32/h5-15,25H,1-4H3,(H,28,31)(H,29,32)(H,30,33). The number of esters is 1. The zero-order valence-electron chi connectivity index (χ0n) is 20.0. The van der Waals surface area contributed by atoms with Gasteiger partial charge < -0.3 is 20.7 Å². The van der Waals surface area contributed by atoms with Gasteiger partial charge >= 0.3 is 5.97 Å². The summed E-state index contributed by atoms with van der Waals surface area (Å²) in [6.45, 7) is 6.44. The lowest BCUT2D eigenvalue weighted by Gasteiger charge is -2.19. The van der Waals surface area contributed by atoms with Gasteiger partial charge in [0.2, 0.25) is 17.9 Å². The van der Waals surface area contributed by atoms with E-state index in [-0.39, 0.29) is 17.4 Å². The molecule has 3 N–H and O–H groups in total. The third-order valence-electron chi connectivity index (χ3n) is 5.03. The largest absolute Gasteiger partial charge is 0.444 e. The first kappa shape index (κ1) is 25.2. The molecule has 0 saturated heterocycles. The number of aryl methyl sites for hydroxylation is 2. The number of hydrogen-bond donors (Lipinski definition) is 3. The number of carbonyl (C=O) groups is 4. The number of carbonyl (C=O) groups excluding carboxylic acids is 4. The SMILES string of the molecule is CC(=O)Nc1cc(NC(C)=O)cc(C(=O)OC(C(=O)Nc2cc(C)ccc2C)c2ccccc2)c1. The van der Waals surface area contributed by atoms with Crippen LogP contribution in [0.2, 0.25) is 0 Å². The maximum atomic E-state index is 13.3. The van der Waals surface area contributed by atoms with E-state index in [0.717, 1.165) is 11.1 Å². The molecule has 0 fully saturated rings. The fourth-order valence-corrected chi connectivity index (χ4v) is 3.44. The van der Waals surface area contributed by atoms with Crippen LogP contribution in [-0.2, 0) is 19.1 Å². The van der Waals surface area contributed by atoms with E-state index >= 15 is 0 Å². The topological polar surface area (TPSA) is 114 Å². The molecule has 0 aliphatic heterocycles. The minimum Gasteiger partial charge on any atom is -0.444 e. The van der Waals surface area contributed by atoms with Crippen molar-refractivity contribution in [3.63, 3.8) is 0 Å². The molecule has 0 aliphatic rings. The normalized spacial score (nSPS) is 11.2. The molecule has 0 bridgehead atoms. The number of hydrogen-bond acceptors (Lipinski definition) is 5. The van der Waals surface area contributed by atoms with E-state index in [1.54, 1.807) is 30.3 Å². The highest BCUT2D eigenvalue weighted by Gasteiger charge is 2.26. The maximum absolute atomic E-state index is 13.3. The van der Waals surface area contributed by atoms with Gasteiger partial charge in [-0.25, -0.2) is 4.79 Å². The van der Waals surface area contributed by atoms with Crippen molar-refractivity contribution < 1.29 is 23.9 Å². The van der Waals surface area contributed by atoms with Gasteiger partial charge in [-0.3, -0.25) is 14.4 Å². The summed E-state index contributed by atoms with van der Waals surface area (Å²) >= 11 is 0. The van der Waals surface area contributed by atoms with Gasteiger partial charge in [-0.1, -0.05) is 42.5 Å². The molecule has 0 aliphatic carbocycles. The first-order valence-corrected chi connectivity index (χ1v) is 11.0. The summed E-state index contributed by atoms with van der Waals surface area (Å²) in [7, 11) is 0. The maximum Gasteiger partial charge on any atom is 0.339 e. The Morgan fingerprint density at radius 3 is 1.91 bits per heavy atom. The van der Waals surface area contributed by atoms with Crippen molar-refractivity contribution in [3.05, 3.63) is 89.0 Å². The zero-order chi connectivity index (χ0) is 25.5. The quantitative estimate of drug-likeness (QED) is 0.428. The lowest BCUT2D eigenvalue weighted by Crippen LogP contribution is -2.26. The van der Waals surface area contributed by atoms with Crippen LogP contribution in [0.15, 0.2) is 66.7 Å². The van der Waals surface area contributed by atoms with E-state index in [0.29, 0.717) is 22.6 Å². The average molecular weight is 474 g/mol. The number of anilines is 3. The molecule has 0 aromatic heterocycles. The van der Waals surface area contributed by atoms with Crippen LogP contribution >= 0.6 is 0 Å². The molecule has 3 aromatic rings. The molecule has 3 rings (SSSR count). The molecular formula is C27H27N3O5. The van der Waals surface area contributed by atoms with Crippen LogP contribution in [0.3, 0.4) is 0 Å². The first-order valence-electron chi connectivity index (χ1n) is 11.0. The zero-order valence-corrected chi connectivity index (χ0v) is 20.0. The summed E-state index contributed by atoms with van der Waals surface area (Å²) in [5.41, 5.74) is 3.60. The Labute approximate surface area is 203 Å². The smallest absolute Gasteiger partial charge is 0.339 e. The van der Waals surface area contributed by atoms with Gasteiger partial charge in [-0.05, 0) is 49.2 Å². The second kappa shape index (κ2) is 11.1. The van der Waals surface area contributed by atoms with E-state index in [1.807, 2.05) is 32.0 Å². The highest BCUT2D eigenvalue weighted by atomic mass is 16.5. The van der Waals surface area contributed by atoms with Crippen LogP contribution in [0.25, 0.3) is 0 Å². The van der Waals surface area contributed by atoms with Crippen molar-refractivity contribution in [2.24, 2.45) is 0 Å². The van der Waals surface area contributed by atoms with Crippen LogP contribution in [0, 0.1) is 13.8 Å². The number of amides is 3. The second-order valence-electron chi connectivity index (χ2n) is 8.17. The lowest BCUT2D eigenvalue weighted by atomic mass is 10.1. The van der Waals surface area contributed by atoms with E-state index in [2.05, 4.69) is 16.0 Å². The number of ether oxygens (including phenoxy) is 1. The summed E-state index contributed by atoms with van der Waals surface area (Å²) in [5.74, 6) is -2.01. The Kier molecular flexibility index (Phi) is 7.99. The molecule has 35 heavy (non-hydrogen) atoms. The molecular weight excluding hydrogens is 446 g/mol. The Hall–Kier alpha value is -4.46. The van der Waals surface area contributed by atoms with E-state index < -0.39 is 18.0 Å². The van der Waals surface area contributed by atoms with Crippen LogP contribution in [0.4, 0.5) is 17.1 Å². The van der Waals surface area contributed by atoms with Crippen molar-refractivity contribution in [2.45, 2.75) is 33.8 Å². The Morgan fingerprint density at radius 1 is 0.743 bits per heavy atom. The predicted octanol–water partition coefficient (Wildman–Crippen LogP) is 4.76. The van der Waals surface area contributed by atoms with Gasteiger partial charge in [-0.15, -0.1) is 0 Å². The Bertz CT molecular complexity index is 1240. The minimum absolute atomic E-state index is 0.0560. The summed E-state index contributed by atoms with van der Waals surface area (Å²) in [4.78, 5) is 49.5. The lowest BCUT2D eigenvalue weighted by molar-refractivity contribution is -0.125. The minimum atomic E-state index is -1.24. The molecule has 0 radical (unpaired) electrons. The van der Waals surface area contributed by atoms with Crippen LogP contribution < -0.4 is 16.0 Å². The highest BCUT2D eigenvalue weighted by molar-refractivity contribution is 6.01. The van der Waals surface area contributed by atoms with Crippen molar-refractivity contribution in [2.75, 3.05) is 16.0 Å². The first-order chi connectivity index (χ1) is 16.6. The van der Waals surface area contributed by atoms with Gasteiger partial charge in [0.05, 0.1) is 5.56 Å². The molecule has 8 nitrogen and oxygen atoms in total. The van der Waals surface area contributed by atoms with Gasteiger partial charge in [0.25, 0.3) is 5.91 Å². The number of benzene rings is 3. The number of rotatable bonds is 7. The fraction of sp³-hybridized carbons (Fsp3) is 0.185. The molecule has 3 aromatic carbocycles. The van der Waals surface area contributed by atoms with E-state index in [9.17, 15) is 19.2 Å². The number of nitrogens with one attached hydrogen (secondary N) is 3. The summed E-state index contributed by atoms with van der Waals surface area (Å²) < 4.78 is 5.67. The third kappa shape index (κ3) is 7.01. The van der Waals surface area contributed by atoms with E-state index in [4.69, 9.17) is 4.74 Å². The van der Waals surface area contributed by atoms with Crippen molar-refractivity contribution in [3.8, 4) is 0 Å². The Balaban J connectivity index is 1.93. The third-order valence-corrected chi connectivity index (χ3v) is 5.03. The monoisotopic (exact) mass is 473 g/mol. The van der Waals surface area contributed by atoms with Gasteiger partial charge in [0.15, 0.2) is 0 Å². The predicted molar refractivity (Wildman–Crippen MR) is 134 cm³/mol. The molecule has 0 saturated carbocycles. The summed E-state index contributed by atoms with van der Waals surface area (Å²) in [6, 6.07) is 18.7. The van der Waals surface area contributed by atoms with Crippen molar-refractivity contribution in [1.82, 2.24) is 0 Å². The van der Waals surface area contributed by atoms with Crippen LogP contribution in [0.1, 0.15) is 47.0 Å². The Morgan fingerprint density at radius 2 is 1.34 bits per heavy atom. The van der Waals surface area contributed by atoms with Crippen molar-refractivity contribution in [1.29, 1.82) is 0 Å².